The fraction of sp³-hybridized carbons (Fsp3) is 0.308. The van der Waals surface area contributed by atoms with Gasteiger partial charge in [0.1, 0.15) is 11.6 Å². The summed E-state index contributed by atoms with van der Waals surface area (Å²) in [6.07, 6.45) is 1.13. The van der Waals surface area contributed by atoms with Crippen LogP contribution in [-0.2, 0) is 6.54 Å². The molecule has 1 N–H and O–H groups in total. The summed E-state index contributed by atoms with van der Waals surface area (Å²) in [5.74, 6) is 1.97. The summed E-state index contributed by atoms with van der Waals surface area (Å²) in [7, 11) is 1.68. The third-order valence-electron chi connectivity index (χ3n) is 3.00. The van der Waals surface area contributed by atoms with Gasteiger partial charge in [-0.3, -0.25) is 0 Å². The second kappa shape index (κ2) is 4.13. The van der Waals surface area contributed by atoms with Crippen LogP contribution in [0.2, 0.25) is 0 Å². The van der Waals surface area contributed by atoms with Crippen molar-refractivity contribution >= 4 is 5.82 Å². The maximum Gasteiger partial charge on any atom is 0.124 e. The third kappa shape index (κ3) is 1.86. The van der Waals surface area contributed by atoms with E-state index in [0.717, 1.165) is 42.3 Å². The van der Waals surface area contributed by atoms with Gasteiger partial charge in [0.25, 0.3) is 0 Å². The number of aryl methyl sites for hydroxylation is 1. The van der Waals surface area contributed by atoms with Gasteiger partial charge in [-0.25, -0.2) is 4.68 Å². The first-order chi connectivity index (χ1) is 8.36. The first-order valence-corrected chi connectivity index (χ1v) is 5.83. The molecule has 3 rings (SSSR count). The Morgan fingerprint density at radius 3 is 3.12 bits per heavy atom. The maximum atomic E-state index is 5.23. The molecular formula is C13H15N3O. The molecule has 0 bridgehead atoms. The molecule has 0 amide bonds. The number of hydrogen-bond acceptors (Lipinski definition) is 3. The first-order valence-electron chi connectivity index (χ1n) is 5.83. The van der Waals surface area contributed by atoms with Crippen LogP contribution >= 0.6 is 0 Å². The Morgan fingerprint density at radius 1 is 1.35 bits per heavy atom. The van der Waals surface area contributed by atoms with Crippen LogP contribution < -0.4 is 10.1 Å². The second-order valence-electron chi connectivity index (χ2n) is 4.15. The summed E-state index contributed by atoms with van der Waals surface area (Å²) in [5.41, 5.74) is 2.08. The van der Waals surface area contributed by atoms with Gasteiger partial charge in [0, 0.05) is 24.7 Å². The van der Waals surface area contributed by atoms with E-state index in [0.29, 0.717) is 0 Å². The molecule has 0 spiro atoms. The Morgan fingerprint density at radius 2 is 2.29 bits per heavy atom. The molecular weight excluding hydrogens is 214 g/mol. The van der Waals surface area contributed by atoms with E-state index in [4.69, 9.17) is 4.74 Å². The van der Waals surface area contributed by atoms with E-state index < -0.39 is 0 Å². The number of rotatable bonds is 2. The summed E-state index contributed by atoms with van der Waals surface area (Å²) < 4.78 is 7.25. The molecule has 4 nitrogen and oxygen atoms in total. The molecule has 0 fully saturated rings. The maximum absolute atomic E-state index is 5.23. The highest BCUT2D eigenvalue weighted by molar-refractivity contribution is 5.64. The molecule has 1 aliphatic rings. The minimum absolute atomic E-state index is 0.862. The highest BCUT2D eigenvalue weighted by atomic mass is 16.5. The molecule has 0 unspecified atom stereocenters. The van der Waals surface area contributed by atoms with Gasteiger partial charge >= 0.3 is 0 Å². The lowest BCUT2D eigenvalue weighted by Crippen LogP contribution is -2.17. The molecule has 0 radical (unpaired) electrons. The van der Waals surface area contributed by atoms with Gasteiger partial charge in [-0.1, -0.05) is 12.1 Å². The van der Waals surface area contributed by atoms with Crippen molar-refractivity contribution in [2.75, 3.05) is 19.0 Å². The molecule has 4 heteroatoms. The van der Waals surface area contributed by atoms with Gasteiger partial charge in [-0.2, -0.15) is 5.10 Å². The van der Waals surface area contributed by atoms with Crippen molar-refractivity contribution in [3.05, 3.63) is 30.3 Å². The number of anilines is 1. The van der Waals surface area contributed by atoms with Crippen molar-refractivity contribution < 1.29 is 4.74 Å². The molecule has 1 aromatic heterocycles. The van der Waals surface area contributed by atoms with Crippen LogP contribution in [0.25, 0.3) is 11.3 Å². The largest absolute Gasteiger partial charge is 0.497 e. The quantitative estimate of drug-likeness (QED) is 0.859. The zero-order chi connectivity index (χ0) is 11.7. The number of nitrogens with one attached hydrogen (secondary N) is 1. The van der Waals surface area contributed by atoms with E-state index in [-0.39, 0.29) is 0 Å². The van der Waals surface area contributed by atoms with Crippen LogP contribution in [0.1, 0.15) is 6.42 Å². The van der Waals surface area contributed by atoms with Crippen molar-refractivity contribution in [2.24, 2.45) is 0 Å². The van der Waals surface area contributed by atoms with Gasteiger partial charge < -0.3 is 10.1 Å². The van der Waals surface area contributed by atoms with Crippen molar-refractivity contribution in [2.45, 2.75) is 13.0 Å². The molecule has 1 aliphatic heterocycles. The topological polar surface area (TPSA) is 39.1 Å². The Kier molecular flexibility index (Phi) is 2.48. The molecule has 2 aromatic rings. The molecule has 0 aliphatic carbocycles. The lowest BCUT2D eigenvalue weighted by molar-refractivity contribution is 0.415. The lowest BCUT2D eigenvalue weighted by atomic mass is 10.1. The molecule has 88 valence electrons. The Bertz CT molecular complexity index is 510. The van der Waals surface area contributed by atoms with E-state index in [9.17, 15) is 0 Å². The van der Waals surface area contributed by atoms with E-state index in [1.165, 1.54) is 0 Å². The standard InChI is InChI=1S/C13H15N3O/c1-17-11-5-2-4-10(8-11)12-9-13-14-6-3-7-16(13)15-12/h2,4-5,8-9,14H,3,6-7H2,1H3. The van der Waals surface area contributed by atoms with Crippen molar-refractivity contribution in [1.82, 2.24) is 9.78 Å². The summed E-state index contributed by atoms with van der Waals surface area (Å²) in [6, 6.07) is 10.1. The Balaban J connectivity index is 2.00. The van der Waals surface area contributed by atoms with Gasteiger partial charge in [0.2, 0.25) is 0 Å². The zero-order valence-electron chi connectivity index (χ0n) is 9.81. The molecule has 1 aromatic carbocycles. The molecule has 0 atom stereocenters. The highest BCUT2D eigenvalue weighted by Gasteiger charge is 2.12. The van der Waals surface area contributed by atoms with E-state index in [1.54, 1.807) is 7.11 Å². The Hall–Kier alpha value is -1.97. The average Bonchev–Trinajstić information content (AvgIpc) is 2.82. The number of methoxy groups -OCH3 is 1. The molecule has 0 saturated carbocycles. The predicted octanol–water partition coefficient (Wildman–Crippen LogP) is 2.37. The highest BCUT2D eigenvalue weighted by Crippen LogP contribution is 2.26. The van der Waals surface area contributed by atoms with Crippen LogP contribution in [0, 0.1) is 0 Å². The number of nitrogens with zero attached hydrogens (tertiary/aromatic N) is 2. The van der Waals surface area contributed by atoms with Crippen LogP contribution in [-0.4, -0.2) is 23.4 Å². The van der Waals surface area contributed by atoms with Crippen molar-refractivity contribution in [1.29, 1.82) is 0 Å². The molecule has 17 heavy (non-hydrogen) atoms. The summed E-state index contributed by atoms with van der Waals surface area (Å²) in [5, 5.41) is 7.95. The summed E-state index contributed by atoms with van der Waals surface area (Å²) in [6.45, 7) is 2.02. The number of hydrogen-bond donors (Lipinski definition) is 1. The second-order valence-corrected chi connectivity index (χ2v) is 4.15. The predicted molar refractivity (Wildman–Crippen MR) is 67.3 cm³/mol. The first kappa shape index (κ1) is 10.2. The van der Waals surface area contributed by atoms with Gasteiger partial charge in [-0.05, 0) is 18.6 Å². The minimum Gasteiger partial charge on any atom is -0.497 e. The van der Waals surface area contributed by atoms with Crippen molar-refractivity contribution in [3.63, 3.8) is 0 Å². The number of ether oxygens (including phenoxy) is 1. The van der Waals surface area contributed by atoms with Crippen molar-refractivity contribution in [3.8, 4) is 17.0 Å². The van der Waals surface area contributed by atoms with E-state index in [1.807, 2.05) is 22.9 Å². The SMILES string of the molecule is COc1cccc(-c2cc3n(n2)CCCN3)c1. The number of benzene rings is 1. The minimum atomic E-state index is 0.862. The van der Waals surface area contributed by atoms with Gasteiger partial charge in [-0.15, -0.1) is 0 Å². The monoisotopic (exact) mass is 229 g/mol. The summed E-state index contributed by atoms with van der Waals surface area (Å²) in [4.78, 5) is 0. The normalized spacial score (nSPS) is 13.9. The molecule has 0 saturated heterocycles. The van der Waals surface area contributed by atoms with E-state index in [2.05, 4.69) is 22.5 Å². The fourth-order valence-corrected chi connectivity index (χ4v) is 2.10. The number of aromatic nitrogens is 2. The number of fused-ring (bicyclic) bond motifs is 1. The van der Waals surface area contributed by atoms with Crippen LogP contribution in [0.4, 0.5) is 5.82 Å². The summed E-state index contributed by atoms with van der Waals surface area (Å²) >= 11 is 0. The molecule has 2 heterocycles. The van der Waals surface area contributed by atoms with Gasteiger partial charge in [0.15, 0.2) is 0 Å². The van der Waals surface area contributed by atoms with Crippen LogP contribution in [0.15, 0.2) is 30.3 Å². The third-order valence-corrected chi connectivity index (χ3v) is 3.00. The average molecular weight is 229 g/mol. The fourth-order valence-electron chi connectivity index (χ4n) is 2.10. The lowest BCUT2D eigenvalue weighted by Gasteiger charge is -2.14. The van der Waals surface area contributed by atoms with Crippen LogP contribution in [0.5, 0.6) is 5.75 Å². The smallest absolute Gasteiger partial charge is 0.124 e. The van der Waals surface area contributed by atoms with Gasteiger partial charge in [0.05, 0.1) is 12.8 Å². The van der Waals surface area contributed by atoms with E-state index >= 15 is 0 Å². The van der Waals surface area contributed by atoms with Crippen LogP contribution in [0.3, 0.4) is 0 Å². The zero-order valence-corrected chi connectivity index (χ0v) is 9.81. The Labute approximate surface area is 100 Å².